The van der Waals surface area contributed by atoms with E-state index in [4.69, 9.17) is 9.29 Å². The van der Waals surface area contributed by atoms with Crippen LogP contribution in [0.15, 0.2) is 0 Å². The van der Waals surface area contributed by atoms with Crippen molar-refractivity contribution in [3.8, 4) is 0 Å². The van der Waals surface area contributed by atoms with Crippen LogP contribution in [0.4, 0.5) is 8.78 Å². The van der Waals surface area contributed by atoms with Crippen molar-refractivity contribution >= 4 is 22.1 Å². The number of hydrogen-bond donors (Lipinski definition) is 1. The molecule has 25 heavy (non-hydrogen) atoms. The van der Waals surface area contributed by atoms with Gasteiger partial charge in [-0.1, -0.05) is 0 Å². The van der Waals surface area contributed by atoms with E-state index in [2.05, 4.69) is 4.74 Å². The maximum absolute atomic E-state index is 13.1. The van der Waals surface area contributed by atoms with Crippen molar-refractivity contribution in [2.45, 2.75) is 49.9 Å². The fourth-order valence-electron chi connectivity index (χ4n) is 4.88. The molecule has 0 aromatic heterocycles. The third-order valence-electron chi connectivity index (χ3n) is 5.98. The highest BCUT2D eigenvalue weighted by atomic mass is 32.2. The minimum Gasteiger partial charge on any atom is -0.456 e. The molecule has 0 aliphatic heterocycles. The van der Waals surface area contributed by atoms with Crippen molar-refractivity contribution in [2.24, 2.45) is 23.7 Å². The van der Waals surface area contributed by atoms with E-state index < -0.39 is 39.5 Å². The van der Waals surface area contributed by atoms with E-state index >= 15 is 0 Å². The minimum atomic E-state index is -5.96. The van der Waals surface area contributed by atoms with Crippen LogP contribution < -0.4 is 0 Å². The Kier molecular flexibility index (Phi) is 4.34. The summed E-state index contributed by atoms with van der Waals surface area (Å²) in [5.74, 6) is -1.84. The van der Waals surface area contributed by atoms with Gasteiger partial charge in [0, 0.05) is 0 Å². The van der Waals surface area contributed by atoms with E-state index in [1.54, 1.807) is 0 Å². The van der Waals surface area contributed by atoms with Gasteiger partial charge in [0.25, 0.3) is 0 Å². The van der Waals surface area contributed by atoms with Crippen molar-refractivity contribution in [3.05, 3.63) is 0 Å². The molecule has 10 heteroatoms. The Morgan fingerprint density at radius 1 is 1.12 bits per heavy atom. The fourth-order valence-corrected chi connectivity index (χ4v) is 5.14. The van der Waals surface area contributed by atoms with Crippen molar-refractivity contribution in [1.82, 2.24) is 0 Å². The minimum absolute atomic E-state index is 0.197. The SMILES string of the molecule is CC1(OC(=O)COC(=O)C(F)(F)S(=O)(=O)O)C2CC3CC(C2)CC1C3. The number of esters is 2. The highest BCUT2D eigenvalue weighted by Gasteiger charge is 2.57. The molecule has 0 spiro atoms. The Morgan fingerprint density at radius 3 is 2.04 bits per heavy atom. The molecule has 4 aliphatic rings. The average Bonchev–Trinajstić information content (AvgIpc) is 2.48. The summed E-state index contributed by atoms with van der Waals surface area (Å²) < 4.78 is 64.9. The maximum atomic E-state index is 13.1. The van der Waals surface area contributed by atoms with Crippen molar-refractivity contribution < 1.29 is 40.8 Å². The van der Waals surface area contributed by atoms with Gasteiger partial charge in [0.2, 0.25) is 0 Å². The first kappa shape index (κ1) is 18.5. The van der Waals surface area contributed by atoms with Gasteiger partial charge in [0.15, 0.2) is 6.61 Å². The lowest BCUT2D eigenvalue weighted by Crippen LogP contribution is -2.58. The Balaban J connectivity index is 1.59. The Labute approximate surface area is 143 Å². The van der Waals surface area contributed by atoms with Crippen molar-refractivity contribution in [1.29, 1.82) is 0 Å². The number of carbonyl (C=O) groups excluding carboxylic acids is 2. The molecule has 0 heterocycles. The molecule has 7 nitrogen and oxygen atoms in total. The van der Waals surface area contributed by atoms with Gasteiger partial charge < -0.3 is 9.47 Å². The quantitative estimate of drug-likeness (QED) is 0.570. The first-order valence-corrected chi connectivity index (χ1v) is 9.61. The molecule has 4 rings (SSSR count). The van der Waals surface area contributed by atoms with Crippen molar-refractivity contribution in [2.75, 3.05) is 6.61 Å². The molecule has 4 aliphatic carbocycles. The van der Waals surface area contributed by atoms with Crippen LogP contribution in [0.3, 0.4) is 0 Å². The highest BCUT2D eigenvalue weighted by molar-refractivity contribution is 7.87. The van der Waals surface area contributed by atoms with Crippen molar-refractivity contribution in [3.63, 3.8) is 0 Å². The molecule has 1 N–H and O–H groups in total. The lowest BCUT2D eigenvalue weighted by molar-refractivity contribution is -0.208. The average molecular weight is 382 g/mol. The molecule has 0 unspecified atom stereocenters. The predicted molar refractivity (Wildman–Crippen MR) is 79.0 cm³/mol. The van der Waals surface area contributed by atoms with E-state index in [-0.39, 0.29) is 11.8 Å². The van der Waals surface area contributed by atoms with Gasteiger partial charge in [-0.15, -0.1) is 0 Å². The number of rotatable bonds is 5. The summed E-state index contributed by atoms with van der Waals surface area (Å²) in [5.41, 5.74) is -0.720. The second-order valence-electron chi connectivity index (χ2n) is 7.53. The van der Waals surface area contributed by atoms with Gasteiger partial charge in [-0.3, -0.25) is 4.55 Å². The summed E-state index contributed by atoms with van der Waals surface area (Å²) in [7, 11) is -5.96. The maximum Gasteiger partial charge on any atom is 0.465 e. The van der Waals surface area contributed by atoms with Crippen LogP contribution in [-0.4, -0.2) is 42.4 Å². The largest absolute Gasteiger partial charge is 0.465 e. The second-order valence-corrected chi connectivity index (χ2v) is 8.99. The fraction of sp³-hybridized carbons (Fsp3) is 0.867. The van der Waals surface area contributed by atoms with Crippen LogP contribution >= 0.6 is 0 Å². The van der Waals surface area contributed by atoms with E-state index in [1.165, 1.54) is 6.42 Å². The monoisotopic (exact) mass is 382 g/mol. The number of halogens is 2. The Hall–Kier alpha value is -1.29. The molecule has 0 saturated heterocycles. The molecular weight excluding hydrogens is 362 g/mol. The van der Waals surface area contributed by atoms with Gasteiger partial charge in [0.05, 0.1) is 0 Å². The summed E-state index contributed by atoms with van der Waals surface area (Å²) in [6.45, 7) is 0.693. The highest BCUT2D eigenvalue weighted by Crippen LogP contribution is 2.59. The summed E-state index contributed by atoms with van der Waals surface area (Å²) in [6, 6.07) is 0. The molecule has 4 fully saturated rings. The molecule has 0 atom stereocenters. The van der Waals surface area contributed by atoms with Gasteiger partial charge in [-0.2, -0.15) is 17.2 Å². The first-order chi connectivity index (χ1) is 11.4. The van der Waals surface area contributed by atoms with E-state index in [1.807, 2.05) is 6.92 Å². The molecular formula is C15H20F2O7S. The zero-order valence-corrected chi connectivity index (χ0v) is 14.4. The first-order valence-electron chi connectivity index (χ1n) is 8.17. The predicted octanol–water partition coefficient (Wildman–Crippen LogP) is 1.77. The Morgan fingerprint density at radius 2 is 1.60 bits per heavy atom. The smallest absolute Gasteiger partial charge is 0.456 e. The molecule has 0 amide bonds. The number of carbonyl (C=O) groups is 2. The second kappa shape index (κ2) is 5.87. The van der Waals surface area contributed by atoms with Gasteiger partial charge in [-0.05, 0) is 62.7 Å². The summed E-state index contributed by atoms with van der Waals surface area (Å²) in [6.07, 6.45) is 5.03. The molecule has 4 saturated carbocycles. The molecule has 0 radical (unpaired) electrons. The third kappa shape index (κ3) is 3.14. The Bertz CT molecular complexity index is 660. The van der Waals surface area contributed by atoms with E-state index in [0.717, 1.165) is 25.7 Å². The van der Waals surface area contributed by atoms with Crippen LogP contribution in [0.1, 0.15) is 39.0 Å². The number of alkyl halides is 2. The standard InChI is InChI=1S/C15H20F2O7S/c1-14(10-3-8-2-9(5-10)6-11(14)4-8)24-12(18)7-23-13(19)15(16,17)25(20,21)22/h8-11H,2-7H2,1H3,(H,20,21,22). The molecule has 142 valence electrons. The number of hydrogen-bond acceptors (Lipinski definition) is 6. The summed E-state index contributed by atoms with van der Waals surface area (Å²) >= 11 is 0. The van der Waals surface area contributed by atoms with E-state index in [9.17, 15) is 26.8 Å². The lowest BCUT2D eigenvalue weighted by Gasteiger charge is -2.59. The summed E-state index contributed by atoms with van der Waals surface area (Å²) in [5, 5.41) is -5.13. The third-order valence-corrected chi connectivity index (χ3v) is 6.79. The molecule has 0 aromatic rings. The zero-order chi connectivity index (χ0) is 18.6. The van der Waals surface area contributed by atoms with Crippen LogP contribution in [0.5, 0.6) is 0 Å². The summed E-state index contributed by atoms with van der Waals surface area (Å²) in [4.78, 5) is 23.1. The zero-order valence-electron chi connectivity index (χ0n) is 13.6. The lowest BCUT2D eigenvalue weighted by atomic mass is 9.50. The van der Waals surface area contributed by atoms with Gasteiger partial charge in [-0.25, -0.2) is 9.59 Å². The van der Waals surface area contributed by atoms with Crippen LogP contribution in [-0.2, 0) is 29.2 Å². The van der Waals surface area contributed by atoms with E-state index in [0.29, 0.717) is 11.8 Å². The van der Waals surface area contributed by atoms with Gasteiger partial charge >= 0.3 is 27.3 Å². The normalized spacial score (nSPS) is 37.0. The number of ether oxygens (including phenoxy) is 2. The van der Waals surface area contributed by atoms with Crippen LogP contribution in [0.2, 0.25) is 0 Å². The molecule has 4 bridgehead atoms. The van der Waals surface area contributed by atoms with Crippen LogP contribution in [0.25, 0.3) is 0 Å². The van der Waals surface area contributed by atoms with Crippen LogP contribution in [0, 0.1) is 23.7 Å². The topological polar surface area (TPSA) is 107 Å². The van der Waals surface area contributed by atoms with Gasteiger partial charge in [0.1, 0.15) is 5.60 Å². The molecule has 0 aromatic carbocycles.